The van der Waals surface area contributed by atoms with Crippen LogP contribution in [0.5, 0.6) is 0 Å². The van der Waals surface area contributed by atoms with E-state index in [-0.39, 0.29) is 15.5 Å². The van der Waals surface area contributed by atoms with E-state index in [4.69, 9.17) is 4.74 Å². The Labute approximate surface area is 183 Å². The van der Waals surface area contributed by atoms with Crippen molar-refractivity contribution in [3.63, 3.8) is 0 Å². The van der Waals surface area contributed by atoms with Crippen LogP contribution in [-0.2, 0) is 14.8 Å². The average Bonchev–Trinajstić information content (AvgIpc) is 3.30. The minimum atomic E-state index is -3.72. The van der Waals surface area contributed by atoms with Gasteiger partial charge in [-0.25, -0.2) is 12.8 Å². The number of amides is 1. The highest BCUT2D eigenvalue weighted by atomic mass is 32.2. The van der Waals surface area contributed by atoms with E-state index in [1.807, 2.05) is 4.90 Å². The Bertz CT molecular complexity index is 1180. The molecule has 1 saturated heterocycles. The van der Waals surface area contributed by atoms with E-state index in [0.717, 1.165) is 11.3 Å². The zero-order chi connectivity index (χ0) is 21.8. The molecule has 3 aromatic rings. The standard InChI is InChI=1S/C21H20FN3O4S2/c22-18-14-16(6-7-19(18)25-8-10-29-11-9-25)23-21(26)15-3-1-4-17(13-15)24-31(27,28)20-5-2-12-30-20/h1-7,12-14,24H,8-11H2,(H,23,26). The lowest BCUT2D eigenvalue weighted by atomic mass is 10.2. The van der Waals surface area contributed by atoms with Gasteiger partial charge in [0.15, 0.2) is 0 Å². The molecule has 0 bridgehead atoms. The maximum atomic E-state index is 14.6. The van der Waals surface area contributed by atoms with Crippen molar-refractivity contribution >= 4 is 44.3 Å². The predicted molar refractivity (Wildman–Crippen MR) is 119 cm³/mol. The maximum absolute atomic E-state index is 14.6. The molecule has 2 N–H and O–H groups in total. The molecule has 0 unspecified atom stereocenters. The van der Waals surface area contributed by atoms with E-state index >= 15 is 0 Å². The normalized spacial score (nSPS) is 14.3. The molecule has 0 spiro atoms. The van der Waals surface area contributed by atoms with E-state index < -0.39 is 21.7 Å². The second-order valence-electron chi connectivity index (χ2n) is 6.84. The molecule has 7 nitrogen and oxygen atoms in total. The van der Waals surface area contributed by atoms with Crippen molar-refractivity contribution < 1.29 is 22.3 Å². The monoisotopic (exact) mass is 461 g/mol. The van der Waals surface area contributed by atoms with Crippen LogP contribution in [0.2, 0.25) is 0 Å². The summed E-state index contributed by atoms with van der Waals surface area (Å²) in [7, 11) is -3.72. The van der Waals surface area contributed by atoms with E-state index in [0.29, 0.717) is 37.7 Å². The van der Waals surface area contributed by atoms with Gasteiger partial charge in [-0.15, -0.1) is 11.3 Å². The number of sulfonamides is 1. The smallest absolute Gasteiger partial charge is 0.271 e. The number of carbonyl (C=O) groups excluding carboxylic acids is 1. The predicted octanol–water partition coefficient (Wildman–Crippen LogP) is 3.78. The van der Waals surface area contributed by atoms with Crippen LogP contribution >= 0.6 is 11.3 Å². The number of morpholine rings is 1. The van der Waals surface area contributed by atoms with Gasteiger partial charge in [-0.2, -0.15) is 0 Å². The summed E-state index contributed by atoms with van der Waals surface area (Å²) in [6.07, 6.45) is 0. The molecule has 10 heteroatoms. The van der Waals surface area contributed by atoms with Crippen molar-refractivity contribution in [1.82, 2.24) is 0 Å². The third-order valence-electron chi connectivity index (χ3n) is 4.69. The van der Waals surface area contributed by atoms with E-state index in [9.17, 15) is 17.6 Å². The molecule has 0 saturated carbocycles. The van der Waals surface area contributed by atoms with Crippen molar-refractivity contribution in [2.45, 2.75) is 4.21 Å². The molecule has 1 aliphatic rings. The molecular formula is C21H20FN3O4S2. The SMILES string of the molecule is O=C(Nc1ccc(N2CCOCC2)c(F)c1)c1cccc(NS(=O)(=O)c2cccs2)c1. The molecule has 1 amide bonds. The number of rotatable bonds is 6. The number of thiophene rings is 1. The number of hydrogen-bond acceptors (Lipinski definition) is 6. The molecule has 1 fully saturated rings. The van der Waals surface area contributed by atoms with Crippen LogP contribution in [0.1, 0.15) is 10.4 Å². The molecule has 4 rings (SSSR count). The lowest BCUT2D eigenvalue weighted by Gasteiger charge is -2.29. The Morgan fingerprint density at radius 1 is 1.03 bits per heavy atom. The molecule has 31 heavy (non-hydrogen) atoms. The fraction of sp³-hybridized carbons (Fsp3) is 0.190. The summed E-state index contributed by atoms with van der Waals surface area (Å²) < 4.78 is 47.2. The van der Waals surface area contributed by atoms with Crippen molar-refractivity contribution in [1.29, 1.82) is 0 Å². The van der Waals surface area contributed by atoms with Gasteiger partial charge in [-0.1, -0.05) is 12.1 Å². The first-order valence-electron chi connectivity index (χ1n) is 9.52. The van der Waals surface area contributed by atoms with Gasteiger partial charge in [0.2, 0.25) is 0 Å². The number of hydrogen-bond donors (Lipinski definition) is 2. The summed E-state index contributed by atoms with van der Waals surface area (Å²) in [6.45, 7) is 2.31. The van der Waals surface area contributed by atoms with Gasteiger partial charge in [0.25, 0.3) is 15.9 Å². The first-order chi connectivity index (χ1) is 14.9. The van der Waals surface area contributed by atoms with Crippen LogP contribution in [0.25, 0.3) is 0 Å². The van der Waals surface area contributed by atoms with Crippen molar-refractivity contribution in [3.8, 4) is 0 Å². The highest BCUT2D eigenvalue weighted by Gasteiger charge is 2.18. The number of anilines is 3. The zero-order valence-electron chi connectivity index (χ0n) is 16.4. The Morgan fingerprint density at radius 2 is 1.84 bits per heavy atom. The van der Waals surface area contributed by atoms with Crippen molar-refractivity contribution in [3.05, 3.63) is 71.4 Å². The summed E-state index contributed by atoms with van der Waals surface area (Å²) in [5.74, 6) is -0.909. The minimum Gasteiger partial charge on any atom is -0.378 e. The number of nitrogens with one attached hydrogen (secondary N) is 2. The van der Waals surface area contributed by atoms with Gasteiger partial charge in [0, 0.05) is 30.0 Å². The number of benzene rings is 2. The van der Waals surface area contributed by atoms with Crippen LogP contribution in [0.3, 0.4) is 0 Å². The van der Waals surface area contributed by atoms with Gasteiger partial charge >= 0.3 is 0 Å². The van der Waals surface area contributed by atoms with Gasteiger partial charge in [-0.05, 0) is 47.8 Å². The molecule has 0 radical (unpaired) electrons. The first-order valence-corrected chi connectivity index (χ1v) is 11.9. The fourth-order valence-corrected chi connectivity index (χ4v) is 5.24. The Morgan fingerprint density at radius 3 is 2.55 bits per heavy atom. The number of halogens is 1. The second kappa shape index (κ2) is 9.04. The highest BCUT2D eigenvalue weighted by Crippen LogP contribution is 2.25. The first kappa shape index (κ1) is 21.3. The summed E-state index contributed by atoms with van der Waals surface area (Å²) in [5, 5.41) is 4.32. The van der Waals surface area contributed by atoms with Crippen LogP contribution in [0.15, 0.2) is 64.2 Å². The van der Waals surface area contributed by atoms with Crippen LogP contribution in [0, 0.1) is 5.82 Å². The van der Waals surface area contributed by atoms with Gasteiger partial charge in [0.1, 0.15) is 10.0 Å². The molecule has 1 aromatic heterocycles. The molecular weight excluding hydrogens is 441 g/mol. The lowest BCUT2D eigenvalue weighted by molar-refractivity contribution is 0.102. The molecule has 2 heterocycles. The van der Waals surface area contributed by atoms with Crippen LogP contribution in [-0.4, -0.2) is 40.6 Å². The highest BCUT2D eigenvalue weighted by molar-refractivity contribution is 7.94. The Kier molecular flexibility index (Phi) is 6.21. The quantitative estimate of drug-likeness (QED) is 0.583. The summed E-state index contributed by atoms with van der Waals surface area (Å²) in [6, 6.07) is 13.8. The molecule has 0 atom stereocenters. The van der Waals surface area contributed by atoms with Gasteiger partial charge in [0.05, 0.1) is 18.9 Å². The zero-order valence-corrected chi connectivity index (χ0v) is 18.0. The molecule has 2 aromatic carbocycles. The number of nitrogens with zero attached hydrogens (tertiary/aromatic N) is 1. The average molecular weight is 462 g/mol. The van der Waals surface area contributed by atoms with Crippen LogP contribution in [0.4, 0.5) is 21.5 Å². The fourth-order valence-electron chi connectivity index (χ4n) is 3.19. The third kappa shape index (κ3) is 5.04. The van der Waals surface area contributed by atoms with Crippen molar-refractivity contribution in [2.75, 3.05) is 41.2 Å². The maximum Gasteiger partial charge on any atom is 0.271 e. The number of ether oxygens (including phenoxy) is 1. The lowest BCUT2D eigenvalue weighted by Crippen LogP contribution is -2.36. The molecule has 162 valence electrons. The Balaban J connectivity index is 1.46. The summed E-state index contributed by atoms with van der Waals surface area (Å²) in [5.41, 5.74) is 1.27. The summed E-state index contributed by atoms with van der Waals surface area (Å²) >= 11 is 1.10. The Hall–Kier alpha value is -2.95. The van der Waals surface area contributed by atoms with Gasteiger partial charge < -0.3 is 15.0 Å². The largest absolute Gasteiger partial charge is 0.378 e. The molecule has 1 aliphatic heterocycles. The third-order valence-corrected chi connectivity index (χ3v) is 7.47. The van der Waals surface area contributed by atoms with E-state index in [1.54, 1.807) is 41.8 Å². The van der Waals surface area contributed by atoms with E-state index in [2.05, 4.69) is 10.0 Å². The van der Waals surface area contributed by atoms with Crippen molar-refractivity contribution in [2.24, 2.45) is 0 Å². The molecule has 0 aliphatic carbocycles. The van der Waals surface area contributed by atoms with Gasteiger partial charge in [-0.3, -0.25) is 9.52 Å². The van der Waals surface area contributed by atoms with Crippen LogP contribution < -0.4 is 14.9 Å². The topological polar surface area (TPSA) is 87.7 Å². The second-order valence-corrected chi connectivity index (χ2v) is 9.70. The minimum absolute atomic E-state index is 0.179. The van der Waals surface area contributed by atoms with E-state index in [1.165, 1.54) is 18.2 Å². The summed E-state index contributed by atoms with van der Waals surface area (Å²) in [4.78, 5) is 14.5. The number of carbonyl (C=O) groups is 1.